The number of rotatable bonds is 3. The van der Waals surface area contributed by atoms with Gasteiger partial charge < -0.3 is 5.32 Å². The molecule has 0 bridgehead atoms. The monoisotopic (exact) mass is 257 g/mol. The van der Waals surface area contributed by atoms with Crippen LogP contribution in [0.2, 0.25) is 4.34 Å². The summed E-state index contributed by atoms with van der Waals surface area (Å²) in [6, 6.07) is 4.65. The summed E-state index contributed by atoms with van der Waals surface area (Å²) in [5, 5.41) is 3.49. The molecule has 0 aliphatic heterocycles. The van der Waals surface area contributed by atoms with Gasteiger partial charge >= 0.3 is 0 Å². The molecule has 1 N–H and O–H groups in total. The summed E-state index contributed by atoms with van der Waals surface area (Å²) in [6.45, 7) is 2.42. The number of thiophene rings is 1. The van der Waals surface area contributed by atoms with Gasteiger partial charge in [0.05, 0.1) is 4.34 Å². The third-order valence-corrected chi connectivity index (χ3v) is 5.16. The lowest BCUT2D eigenvalue weighted by Gasteiger charge is -2.40. The van der Waals surface area contributed by atoms with E-state index in [9.17, 15) is 0 Å². The van der Waals surface area contributed by atoms with E-state index in [1.807, 2.05) is 6.07 Å². The fourth-order valence-electron chi connectivity index (χ4n) is 2.97. The molecule has 0 spiro atoms. The fraction of sp³-hybridized carbons (Fsp3) is 0.692. The highest BCUT2D eigenvalue weighted by molar-refractivity contribution is 7.16. The number of halogens is 1. The Labute approximate surface area is 107 Å². The van der Waals surface area contributed by atoms with Gasteiger partial charge in [0.15, 0.2) is 0 Å². The highest BCUT2D eigenvalue weighted by Crippen LogP contribution is 2.47. The van der Waals surface area contributed by atoms with Crippen LogP contribution >= 0.6 is 22.9 Å². The molecule has 1 aromatic heterocycles. The first kappa shape index (κ1) is 12.4. The van der Waals surface area contributed by atoms with Crippen LogP contribution in [0.15, 0.2) is 12.1 Å². The second-order valence-corrected chi connectivity index (χ2v) is 6.82. The molecule has 1 heterocycles. The fourth-order valence-corrected chi connectivity index (χ4v) is 4.31. The van der Waals surface area contributed by atoms with Gasteiger partial charge in [-0.3, -0.25) is 0 Å². The maximum atomic E-state index is 6.04. The van der Waals surface area contributed by atoms with Crippen molar-refractivity contribution in [3.63, 3.8) is 0 Å². The van der Waals surface area contributed by atoms with Crippen LogP contribution in [-0.2, 0) is 0 Å². The number of hydrogen-bond donors (Lipinski definition) is 1. The van der Waals surface area contributed by atoms with Crippen molar-refractivity contribution in [2.45, 2.75) is 45.1 Å². The van der Waals surface area contributed by atoms with E-state index in [1.165, 1.54) is 37.0 Å². The largest absolute Gasteiger partial charge is 0.312 e. The Balaban J connectivity index is 2.20. The van der Waals surface area contributed by atoms with Crippen LogP contribution < -0.4 is 5.32 Å². The van der Waals surface area contributed by atoms with E-state index in [2.05, 4.69) is 25.4 Å². The minimum Gasteiger partial charge on any atom is -0.312 e. The second-order valence-electron chi connectivity index (χ2n) is 5.08. The molecule has 90 valence electrons. The zero-order chi connectivity index (χ0) is 11.6. The SMILES string of the molecule is CNC(c1ccc(Cl)s1)C1(C)CCCCC1. The van der Waals surface area contributed by atoms with Gasteiger partial charge in [0.2, 0.25) is 0 Å². The molecule has 1 saturated carbocycles. The van der Waals surface area contributed by atoms with Crippen molar-refractivity contribution in [2.24, 2.45) is 5.41 Å². The lowest BCUT2D eigenvalue weighted by Crippen LogP contribution is -2.35. The topological polar surface area (TPSA) is 12.0 Å². The maximum absolute atomic E-state index is 6.04. The molecule has 0 saturated heterocycles. The zero-order valence-electron chi connectivity index (χ0n) is 10.1. The quantitative estimate of drug-likeness (QED) is 0.832. The molecular formula is C13H20ClNS. The molecule has 0 amide bonds. The average Bonchev–Trinajstić information content (AvgIpc) is 2.66. The van der Waals surface area contributed by atoms with E-state index in [-0.39, 0.29) is 0 Å². The normalized spacial score (nSPS) is 21.9. The smallest absolute Gasteiger partial charge is 0.0931 e. The van der Waals surface area contributed by atoms with Crippen LogP contribution in [0.25, 0.3) is 0 Å². The minimum atomic E-state index is 0.404. The Morgan fingerprint density at radius 3 is 2.50 bits per heavy atom. The Morgan fingerprint density at radius 2 is 2.00 bits per heavy atom. The maximum Gasteiger partial charge on any atom is 0.0931 e. The molecule has 1 nitrogen and oxygen atoms in total. The van der Waals surface area contributed by atoms with Crippen molar-refractivity contribution in [3.8, 4) is 0 Å². The van der Waals surface area contributed by atoms with Crippen molar-refractivity contribution < 1.29 is 0 Å². The molecule has 2 rings (SSSR count). The molecule has 1 unspecified atom stereocenters. The van der Waals surface area contributed by atoms with Gasteiger partial charge in [-0.15, -0.1) is 11.3 Å². The van der Waals surface area contributed by atoms with Crippen molar-refractivity contribution in [3.05, 3.63) is 21.3 Å². The molecule has 3 heteroatoms. The first-order valence-electron chi connectivity index (χ1n) is 6.08. The summed E-state index contributed by atoms with van der Waals surface area (Å²) in [5.41, 5.74) is 0.404. The van der Waals surface area contributed by atoms with Crippen molar-refractivity contribution in [1.82, 2.24) is 5.32 Å². The van der Waals surface area contributed by atoms with Crippen molar-refractivity contribution >= 4 is 22.9 Å². The Kier molecular flexibility index (Phi) is 3.93. The van der Waals surface area contributed by atoms with E-state index in [0.29, 0.717) is 11.5 Å². The zero-order valence-corrected chi connectivity index (χ0v) is 11.6. The van der Waals surface area contributed by atoms with Crippen molar-refractivity contribution in [1.29, 1.82) is 0 Å². The highest BCUT2D eigenvalue weighted by atomic mass is 35.5. The summed E-state index contributed by atoms with van der Waals surface area (Å²) in [5.74, 6) is 0. The van der Waals surface area contributed by atoms with E-state index in [0.717, 1.165) is 4.34 Å². The molecule has 16 heavy (non-hydrogen) atoms. The van der Waals surface area contributed by atoms with Gasteiger partial charge in [0.1, 0.15) is 0 Å². The minimum absolute atomic E-state index is 0.404. The van der Waals surface area contributed by atoms with Crippen LogP contribution in [0.5, 0.6) is 0 Å². The molecule has 1 aliphatic rings. The lowest BCUT2D eigenvalue weighted by atomic mass is 9.70. The predicted molar refractivity (Wildman–Crippen MR) is 72.3 cm³/mol. The third-order valence-electron chi connectivity index (χ3n) is 3.86. The van der Waals surface area contributed by atoms with Crippen LogP contribution in [0, 0.1) is 5.41 Å². The summed E-state index contributed by atoms with van der Waals surface area (Å²) >= 11 is 7.75. The van der Waals surface area contributed by atoms with Crippen LogP contribution in [-0.4, -0.2) is 7.05 Å². The van der Waals surface area contributed by atoms with E-state index < -0.39 is 0 Å². The van der Waals surface area contributed by atoms with Crippen LogP contribution in [0.4, 0.5) is 0 Å². The standard InChI is InChI=1S/C13H20ClNS/c1-13(8-4-3-5-9-13)12(15-2)10-6-7-11(14)16-10/h6-7,12,15H,3-5,8-9H2,1-2H3. The molecule has 0 aromatic carbocycles. The first-order chi connectivity index (χ1) is 7.65. The first-order valence-corrected chi connectivity index (χ1v) is 7.28. The highest BCUT2D eigenvalue weighted by Gasteiger charge is 2.36. The molecule has 1 fully saturated rings. The summed E-state index contributed by atoms with van der Waals surface area (Å²) in [6.07, 6.45) is 6.79. The Bertz CT molecular complexity index is 341. The molecule has 1 atom stereocenters. The van der Waals surface area contributed by atoms with Gasteiger partial charge in [-0.2, -0.15) is 0 Å². The van der Waals surface area contributed by atoms with E-state index >= 15 is 0 Å². The molecule has 0 radical (unpaired) electrons. The Hall–Kier alpha value is -0.0500. The van der Waals surface area contributed by atoms with E-state index in [4.69, 9.17) is 11.6 Å². The number of nitrogens with one attached hydrogen (secondary N) is 1. The van der Waals surface area contributed by atoms with Gasteiger partial charge in [0.25, 0.3) is 0 Å². The molecule has 1 aromatic rings. The van der Waals surface area contributed by atoms with Gasteiger partial charge in [0, 0.05) is 10.9 Å². The average molecular weight is 258 g/mol. The van der Waals surface area contributed by atoms with E-state index in [1.54, 1.807) is 11.3 Å². The summed E-state index contributed by atoms with van der Waals surface area (Å²) < 4.78 is 0.898. The van der Waals surface area contributed by atoms with Gasteiger partial charge in [-0.05, 0) is 37.4 Å². The Morgan fingerprint density at radius 1 is 1.31 bits per heavy atom. The third kappa shape index (κ3) is 2.44. The summed E-state index contributed by atoms with van der Waals surface area (Å²) in [4.78, 5) is 1.39. The van der Waals surface area contributed by atoms with Crippen LogP contribution in [0.1, 0.15) is 49.9 Å². The van der Waals surface area contributed by atoms with Gasteiger partial charge in [-0.25, -0.2) is 0 Å². The molecular weight excluding hydrogens is 238 g/mol. The van der Waals surface area contributed by atoms with Crippen molar-refractivity contribution in [2.75, 3.05) is 7.05 Å². The lowest BCUT2D eigenvalue weighted by molar-refractivity contribution is 0.152. The predicted octanol–water partition coefficient (Wildman–Crippen LogP) is 4.63. The van der Waals surface area contributed by atoms with Gasteiger partial charge in [-0.1, -0.05) is 37.8 Å². The second kappa shape index (κ2) is 5.07. The molecule has 1 aliphatic carbocycles. The van der Waals surface area contributed by atoms with Crippen LogP contribution in [0.3, 0.4) is 0 Å². The summed E-state index contributed by atoms with van der Waals surface area (Å²) in [7, 11) is 2.07. The number of hydrogen-bond acceptors (Lipinski definition) is 2.